The van der Waals surface area contributed by atoms with Gasteiger partial charge in [0.2, 0.25) is 5.91 Å². The van der Waals surface area contributed by atoms with Crippen LogP contribution >= 0.6 is 0 Å². The fraction of sp³-hybridized carbons (Fsp3) is 0.310. The van der Waals surface area contributed by atoms with Crippen molar-refractivity contribution in [1.82, 2.24) is 15.1 Å². The van der Waals surface area contributed by atoms with Crippen LogP contribution in [0, 0.1) is 0 Å². The number of benzene rings is 2. The van der Waals surface area contributed by atoms with E-state index in [1.807, 2.05) is 30.3 Å². The Morgan fingerprint density at radius 2 is 1.84 bits per heavy atom. The van der Waals surface area contributed by atoms with Crippen LogP contribution in [0.1, 0.15) is 53.2 Å². The Labute approximate surface area is 220 Å². The molecule has 2 aliphatic heterocycles. The van der Waals surface area contributed by atoms with E-state index in [0.717, 1.165) is 11.1 Å². The molecule has 0 bridgehead atoms. The SMILES string of the molecule is Cn1nccc1C(=O)NC(C(=O)Nc1ccc2c(c1)NC(=O)C21CCOCC1)=C1CC(c2ccccc2)C1. The number of carbonyl (C=O) groups excluding carboxylic acids is 3. The number of hydrogen-bond donors (Lipinski definition) is 3. The number of anilines is 2. The lowest BCUT2D eigenvalue weighted by Crippen LogP contribution is -2.39. The molecule has 3 aromatic rings. The monoisotopic (exact) mass is 511 g/mol. The van der Waals surface area contributed by atoms with Crippen molar-refractivity contribution in [2.24, 2.45) is 7.05 Å². The summed E-state index contributed by atoms with van der Waals surface area (Å²) >= 11 is 0. The lowest BCUT2D eigenvalue weighted by molar-refractivity contribution is -0.124. The maximum absolute atomic E-state index is 13.5. The van der Waals surface area contributed by atoms with Gasteiger partial charge in [0, 0.05) is 37.8 Å². The number of nitrogens with zero attached hydrogens (tertiary/aromatic N) is 2. The van der Waals surface area contributed by atoms with E-state index in [-0.39, 0.29) is 11.6 Å². The van der Waals surface area contributed by atoms with Gasteiger partial charge in [-0.15, -0.1) is 0 Å². The van der Waals surface area contributed by atoms with Crippen molar-refractivity contribution in [2.75, 3.05) is 23.8 Å². The molecule has 3 amide bonds. The Kier molecular flexibility index (Phi) is 6.07. The topological polar surface area (TPSA) is 114 Å². The number of rotatable bonds is 5. The molecule has 3 aliphatic rings. The second kappa shape index (κ2) is 9.57. The summed E-state index contributed by atoms with van der Waals surface area (Å²) in [5.41, 5.74) is 4.34. The van der Waals surface area contributed by atoms with Crippen molar-refractivity contribution in [3.8, 4) is 0 Å². The molecule has 1 spiro atoms. The summed E-state index contributed by atoms with van der Waals surface area (Å²) < 4.78 is 6.95. The van der Waals surface area contributed by atoms with Gasteiger partial charge in [-0.25, -0.2) is 0 Å². The molecule has 0 unspecified atom stereocenters. The van der Waals surface area contributed by atoms with Gasteiger partial charge in [0.05, 0.1) is 5.41 Å². The first kappa shape index (κ1) is 24.1. The highest BCUT2D eigenvalue weighted by Gasteiger charge is 2.47. The van der Waals surface area contributed by atoms with Gasteiger partial charge in [0.25, 0.3) is 11.8 Å². The summed E-state index contributed by atoms with van der Waals surface area (Å²) in [6.07, 6.45) is 4.18. The molecule has 1 aromatic heterocycles. The van der Waals surface area contributed by atoms with E-state index in [0.29, 0.717) is 61.9 Å². The third-order valence-electron chi connectivity index (χ3n) is 7.95. The van der Waals surface area contributed by atoms with Crippen LogP contribution in [0.15, 0.2) is 72.1 Å². The average molecular weight is 512 g/mol. The molecule has 194 valence electrons. The molecule has 6 rings (SSSR count). The maximum Gasteiger partial charge on any atom is 0.274 e. The summed E-state index contributed by atoms with van der Waals surface area (Å²) in [5, 5.41) is 12.8. The van der Waals surface area contributed by atoms with E-state index in [2.05, 4.69) is 33.2 Å². The largest absolute Gasteiger partial charge is 0.381 e. The van der Waals surface area contributed by atoms with E-state index in [9.17, 15) is 14.4 Å². The Balaban J connectivity index is 1.25. The smallest absolute Gasteiger partial charge is 0.274 e. The molecule has 1 saturated carbocycles. The third kappa shape index (κ3) is 4.18. The fourth-order valence-electron chi connectivity index (χ4n) is 5.70. The number of nitrogens with one attached hydrogen (secondary N) is 3. The lowest BCUT2D eigenvalue weighted by Gasteiger charge is -2.32. The number of hydrogen-bond acceptors (Lipinski definition) is 5. The van der Waals surface area contributed by atoms with Gasteiger partial charge in [-0.1, -0.05) is 36.4 Å². The number of fused-ring (bicyclic) bond motifs is 2. The molecule has 1 saturated heterocycles. The van der Waals surface area contributed by atoms with Crippen LogP contribution in [0.4, 0.5) is 11.4 Å². The first-order valence-corrected chi connectivity index (χ1v) is 12.9. The number of amides is 3. The first-order chi connectivity index (χ1) is 18.4. The van der Waals surface area contributed by atoms with E-state index in [4.69, 9.17) is 4.74 Å². The predicted octanol–water partition coefficient (Wildman–Crippen LogP) is 3.62. The second-order valence-electron chi connectivity index (χ2n) is 10.2. The molecular weight excluding hydrogens is 482 g/mol. The summed E-state index contributed by atoms with van der Waals surface area (Å²) in [7, 11) is 1.68. The number of allylic oxidation sites excluding steroid dienone is 1. The van der Waals surface area contributed by atoms with E-state index in [1.54, 1.807) is 25.4 Å². The number of carbonyl (C=O) groups is 3. The summed E-state index contributed by atoms with van der Waals surface area (Å²) in [6, 6.07) is 17.3. The third-order valence-corrected chi connectivity index (χ3v) is 7.95. The predicted molar refractivity (Wildman–Crippen MR) is 142 cm³/mol. The summed E-state index contributed by atoms with van der Waals surface area (Å²) in [4.78, 5) is 39.4. The van der Waals surface area contributed by atoms with Gasteiger partial charge < -0.3 is 20.7 Å². The average Bonchev–Trinajstić information content (AvgIpc) is 3.44. The Bertz CT molecular complexity index is 1440. The second-order valence-corrected chi connectivity index (χ2v) is 10.2. The first-order valence-electron chi connectivity index (χ1n) is 12.9. The number of aryl methyl sites for hydroxylation is 1. The van der Waals surface area contributed by atoms with Crippen molar-refractivity contribution in [3.63, 3.8) is 0 Å². The van der Waals surface area contributed by atoms with Gasteiger partial charge in [-0.3, -0.25) is 19.1 Å². The lowest BCUT2D eigenvalue weighted by atomic mass is 9.74. The highest BCUT2D eigenvalue weighted by atomic mass is 16.5. The zero-order valence-corrected chi connectivity index (χ0v) is 21.1. The van der Waals surface area contributed by atoms with Crippen LogP contribution in [0.2, 0.25) is 0 Å². The van der Waals surface area contributed by atoms with Gasteiger partial charge >= 0.3 is 0 Å². The molecule has 9 nitrogen and oxygen atoms in total. The van der Waals surface area contributed by atoms with Crippen molar-refractivity contribution >= 4 is 29.1 Å². The van der Waals surface area contributed by atoms with Crippen molar-refractivity contribution < 1.29 is 19.1 Å². The highest BCUT2D eigenvalue weighted by Crippen LogP contribution is 2.46. The molecule has 1 aliphatic carbocycles. The summed E-state index contributed by atoms with van der Waals surface area (Å²) in [5.74, 6) is -0.513. The van der Waals surface area contributed by atoms with Crippen LogP contribution in [0.5, 0.6) is 0 Å². The van der Waals surface area contributed by atoms with Crippen LogP contribution in [0.25, 0.3) is 0 Å². The van der Waals surface area contributed by atoms with Gasteiger partial charge in [-0.2, -0.15) is 5.10 Å². The molecule has 38 heavy (non-hydrogen) atoms. The van der Waals surface area contributed by atoms with Crippen molar-refractivity contribution in [1.29, 1.82) is 0 Å². The molecule has 3 N–H and O–H groups in total. The highest BCUT2D eigenvalue weighted by molar-refractivity contribution is 6.10. The van der Waals surface area contributed by atoms with E-state index in [1.165, 1.54) is 10.2 Å². The number of aromatic nitrogens is 2. The maximum atomic E-state index is 13.5. The van der Waals surface area contributed by atoms with Crippen molar-refractivity contribution in [3.05, 3.63) is 88.9 Å². The molecule has 3 heterocycles. The Morgan fingerprint density at radius 3 is 2.55 bits per heavy atom. The standard InChI is InChI=1S/C29H29N5O4/c1-34-24(9-12-30-34)26(35)33-25(20-15-19(16-20)18-5-3-2-4-6-18)27(36)31-21-7-8-22-23(17-21)32-28(37)29(22)10-13-38-14-11-29/h2-9,12,17,19H,10-11,13-16H2,1H3,(H,31,36)(H,32,37)(H,33,35). The Morgan fingerprint density at radius 1 is 1.08 bits per heavy atom. The minimum absolute atomic E-state index is 0.0213. The van der Waals surface area contributed by atoms with Crippen LogP contribution in [-0.2, 0) is 26.8 Å². The molecule has 0 atom stereocenters. The quantitative estimate of drug-likeness (QED) is 0.453. The minimum atomic E-state index is -0.571. The summed E-state index contributed by atoms with van der Waals surface area (Å²) in [6.45, 7) is 1.09. The molecule has 2 fully saturated rings. The van der Waals surface area contributed by atoms with Gasteiger partial charge in [0.15, 0.2) is 0 Å². The van der Waals surface area contributed by atoms with Gasteiger partial charge in [0.1, 0.15) is 11.4 Å². The zero-order chi connectivity index (χ0) is 26.3. The normalized spacial score (nSPS) is 19.3. The molecule has 0 radical (unpaired) electrons. The molecular formula is C29H29N5O4. The van der Waals surface area contributed by atoms with E-state index >= 15 is 0 Å². The van der Waals surface area contributed by atoms with Crippen molar-refractivity contribution in [2.45, 2.75) is 37.0 Å². The number of ether oxygens (including phenoxy) is 1. The van der Waals surface area contributed by atoms with Crippen LogP contribution in [-0.4, -0.2) is 40.7 Å². The van der Waals surface area contributed by atoms with Crippen LogP contribution in [0.3, 0.4) is 0 Å². The van der Waals surface area contributed by atoms with E-state index < -0.39 is 17.2 Å². The molecule has 2 aromatic carbocycles. The minimum Gasteiger partial charge on any atom is -0.381 e. The van der Waals surface area contributed by atoms with Gasteiger partial charge in [-0.05, 0) is 66.5 Å². The molecule has 9 heteroatoms. The fourth-order valence-corrected chi connectivity index (χ4v) is 5.70. The zero-order valence-electron chi connectivity index (χ0n) is 21.1. The van der Waals surface area contributed by atoms with Crippen LogP contribution < -0.4 is 16.0 Å². The Hall–Kier alpha value is -4.24.